The fraction of sp³-hybridized carbons (Fsp3) is 0. The number of nitrogens with one attached hydrogen (secondary N) is 2. The first-order valence-corrected chi connectivity index (χ1v) is 6.67. The van der Waals surface area contributed by atoms with Crippen LogP contribution in [-0.4, -0.2) is 10.3 Å². The summed E-state index contributed by atoms with van der Waals surface area (Å²) in [5, 5.41) is 12.2. The van der Waals surface area contributed by atoms with Gasteiger partial charge in [0.05, 0.1) is 0 Å². The number of rotatable bonds is 2. The van der Waals surface area contributed by atoms with Gasteiger partial charge in [-0.2, -0.15) is 0 Å². The molecular formula is C14H10ClN3OS. The average Bonchev–Trinajstić information content (AvgIpc) is 2.89. The van der Waals surface area contributed by atoms with E-state index in [1.165, 1.54) is 0 Å². The smallest absolute Gasteiger partial charge is 0.175 e. The molecule has 2 N–H and O–H groups in total. The second-order valence-corrected chi connectivity index (χ2v) is 5.02. The van der Waals surface area contributed by atoms with Crippen molar-refractivity contribution in [2.75, 3.05) is 10.6 Å². The molecule has 0 saturated heterocycles. The molecule has 0 fully saturated rings. The Morgan fingerprint density at radius 2 is 1.75 bits per heavy atom. The van der Waals surface area contributed by atoms with Crippen LogP contribution in [0.5, 0.6) is 0 Å². The van der Waals surface area contributed by atoms with Gasteiger partial charge in [0.1, 0.15) is 11.8 Å². The zero-order chi connectivity index (χ0) is 13.9. The molecule has 3 aromatic rings. The van der Waals surface area contributed by atoms with Crippen LogP contribution in [0.25, 0.3) is 10.9 Å². The molecule has 6 heteroatoms. The Hall–Kier alpha value is -2.11. The first kappa shape index (κ1) is 12.9. The maximum atomic E-state index is 5.83. The maximum Gasteiger partial charge on any atom is 0.175 e. The lowest BCUT2D eigenvalue weighted by atomic mass is 10.2. The third-order valence-corrected chi connectivity index (χ3v) is 3.18. The van der Waals surface area contributed by atoms with E-state index in [0.29, 0.717) is 10.1 Å². The molecule has 0 bridgehead atoms. The van der Waals surface area contributed by atoms with E-state index in [0.717, 1.165) is 22.3 Å². The molecule has 0 radical (unpaired) electrons. The Balaban J connectivity index is 1.70. The normalized spacial score (nSPS) is 10.4. The van der Waals surface area contributed by atoms with Crippen LogP contribution in [0.3, 0.4) is 0 Å². The third kappa shape index (κ3) is 2.89. The summed E-state index contributed by atoms with van der Waals surface area (Å²) in [4.78, 5) is 0. The molecule has 0 aliphatic heterocycles. The summed E-state index contributed by atoms with van der Waals surface area (Å²) in [6.07, 6.45) is 1.60. The molecule has 0 atom stereocenters. The van der Waals surface area contributed by atoms with Crippen LogP contribution >= 0.6 is 23.8 Å². The summed E-state index contributed by atoms with van der Waals surface area (Å²) >= 11 is 11.1. The van der Waals surface area contributed by atoms with Gasteiger partial charge in [-0.05, 0) is 54.7 Å². The second-order valence-electron chi connectivity index (χ2n) is 4.17. The number of thiocarbonyl (C=S) groups is 1. The minimum Gasteiger partial charge on any atom is -0.364 e. The van der Waals surface area contributed by atoms with Gasteiger partial charge in [-0.3, -0.25) is 0 Å². The van der Waals surface area contributed by atoms with Crippen molar-refractivity contribution in [1.29, 1.82) is 0 Å². The van der Waals surface area contributed by atoms with Gasteiger partial charge in [-0.15, -0.1) is 0 Å². The molecule has 0 amide bonds. The minimum absolute atomic E-state index is 0.496. The van der Waals surface area contributed by atoms with E-state index in [1.807, 2.05) is 30.3 Å². The molecule has 3 rings (SSSR count). The summed E-state index contributed by atoms with van der Waals surface area (Å²) in [5.74, 6) is 0. The lowest BCUT2D eigenvalue weighted by molar-refractivity contribution is 0.428. The van der Waals surface area contributed by atoms with E-state index in [-0.39, 0.29) is 0 Å². The van der Waals surface area contributed by atoms with Crippen LogP contribution in [0.1, 0.15) is 0 Å². The minimum atomic E-state index is 0.496. The van der Waals surface area contributed by atoms with Gasteiger partial charge in [0, 0.05) is 21.8 Å². The van der Waals surface area contributed by atoms with Crippen molar-refractivity contribution in [2.24, 2.45) is 0 Å². The molecule has 0 aliphatic rings. The summed E-state index contributed by atoms with van der Waals surface area (Å²) < 4.78 is 4.89. The number of halogens is 1. The predicted octanol–water partition coefficient (Wildman–Crippen LogP) is 4.29. The van der Waals surface area contributed by atoms with Gasteiger partial charge in [0.15, 0.2) is 5.11 Å². The highest BCUT2D eigenvalue weighted by Crippen LogP contribution is 2.18. The van der Waals surface area contributed by atoms with E-state index in [1.54, 1.807) is 18.4 Å². The van der Waals surface area contributed by atoms with Crippen LogP contribution in [-0.2, 0) is 0 Å². The number of hydrogen-bond donors (Lipinski definition) is 2. The van der Waals surface area contributed by atoms with Crippen molar-refractivity contribution >= 4 is 51.2 Å². The van der Waals surface area contributed by atoms with Crippen molar-refractivity contribution in [3.05, 3.63) is 53.8 Å². The molecule has 0 unspecified atom stereocenters. The Kier molecular flexibility index (Phi) is 3.54. The molecule has 1 aromatic heterocycles. The third-order valence-electron chi connectivity index (χ3n) is 2.72. The van der Waals surface area contributed by atoms with Gasteiger partial charge < -0.3 is 15.2 Å². The topological polar surface area (TPSA) is 50.1 Å². The van der Waals surface area contributed by atoms with E-state index in [4.69, 9.17) is 28.3 Å². The number of benzene rings is 2. The summed E-state index contributed by atoms with van der Waals surface area (Å²) in [6, 6.07) is 13.0. The SMILES string of the molecule is S=C(Nc1ccc(Cl)cc1)Nc1ccc2conc2c1. The van der Waals surface area contributed by atoms with Crippen LogP contribution in [0.15, 0.2) is 53.3 Å². The Bertz CT molecular complexity index is 754. The molecular weight excluding hydrogens is 294 g/mol. The Labute approximate surface area is 125 Å². The number of fused-ring (bicyclic) bond motifs is 1. The highest BCUT2D eigenvalue weighted by molar-refractivity contribution is 7.80. The zero-order valence-corrected chi connectivity index (χ0v) is 11.8. The molecule has 20 heavy (non-hydrogen) atoms. The molecule has 2 aromatic carbocycles. The lowest BCUT2D eigenvalue weighted by Crippen LogP contribution is -2.18. The monoisotopic (exact) mass is 303 g/mol. The molecule has 100 valence electrons. The summed E-state index contributed by atoms with van der Waals surface area (Å²) in [7, 11) is 0. The number of hydrogen-bond acceptors (Lipinski definition) is 3. The summed E-state index contributed by atoms with van der Waals surface area (Å²) in [5.41, 5.74) is 2.50. The van der Waals surface area contributed by atoms with Gasteiger partial charge >= 0.3 is 0 Å². The van der Waals surface area contributed by atoms with E-state index in [2.05, 4.69) is 15.8 Å². The number of nitrogens with zero attached hydrogens (tertiary/aromatic N) is 1. The van der Waals surface area contributed by atoms with Crippen LogP contribution in [0.4, 0.5) is 11.4 Å². The van der Waals surface area contributed by atoms with E-state index in [9.17, 15) is 0 Å². The van der Waals surface area contributed by atoms with Crippen LogP contribution < -0.4 is 10.6 Å². The Morgan fingerprint density at radius 3 is 2.55 bits per heavy atom. The van der Waals surface area contributed by atoms with Crippen molar-refractivity contribution in [1.82, 2.24) is 5.16 Å². The zero-order valence-electron chi connectivity index (χ0n) is 10.3. The average molecular weight is 304 g/mol. The standard InChI is InChI=1S/C14H10ClN3OS/c15-10-2-5-11(6-3-10)16-14(20)17-12-4-1-9-8-19-18-13(9)7-12/h1-8H,(H2,16,17,20). The highest BCUT2D eigenvalue weighted by Gasteiger charge is 2.02. The van der Waals surface area contributed by atoms with Gasteiger partial charge in [0.2, 0.25) is 0 Å². The highest BCUT2D eigenvalue weighted by atomic mass is 35.5. The number of aromatic nitrogens is 1. The summed E-state index contributed by atoms with van der Waals surface area (Å²) in [6.45, 7) is 0. The van der Waals surface area contributed by atoms with Crippen molar-refractivity contribution in [3.63, 3.8) is 0 Å². The van der Waals surface area contributed by atoms with E-state index < -0.39 is 0 Å². The molecule has 0 saturated carbocycles. The lowest BCUT2D eigenvalue weighted by Gasteiger charge is -2.10. The molecule has 0 spiro atoms. The maximum absolute atomic E-state index is 5.83. The Morgan fingerprint density at radius 1 is 1.05 bits per heavy atom. The van der Waals surface area contributed by atoms with Crippen molar-refractivity contribution in [2.45, 2.75) is 0 Å². The predicted molar refractivity (Wildman–Crippen MR) is 85.3 cm³/mol. The fourth-order valence-corrected chi connectivity index (χ4v) is 2.13. The van der Waals surface area contributed by atoms with Crippen LogP contribution in [0.2, 0.25) is 5.02 Å². The van der Waals surface area contributed by atoms with Crippen molar-refractivity contribution in [3.8, 4) is 0 Å². The van der Waals surface area contributed by atoms with E-state index >= 15 is 0 Å². The molecule has 4 nitrogen and oxygen atoms in total. The molecule has 0 aliphatic carbocycles. The fourth-order valence-electron chi connectivity index (χ4n) is 1.77. The first-order valence-electron chi connectivity index (χ1n) is 5.88. The van der Waals surface area contributed by atoms with Gasteiger partial charge in [-0.1, -0.05) is 16.8 Å². The van der Waals surface area contributed by atoms with Crippen LogP contribution in [0, 0.1) is 0 Å². The first-order chi connectivity index (χ1) is 9.70. The quantitative estimate of drug-likeness (QED) is 0.692. The van der Waals surface area contributed by atoms with Gasteiger partial charge in [0.25, 0.3) is 0 Å². The second kappa shape index (κ2) is 5.48. The van der Waals surface area contributed by atoms with Gasteiger partial charge in [-0.25, -0.2) is 0 Å². The van der Waals surface area contributed by atoms with Crippen molar-refractivity contribution < 1.29 is 4.52 Å². The largest absolute Gasteiger partial charge is 0.364 e. The molecule has 1 heterocycles. The number of anilines is 2.